The first-order valence-corrected chi connectivity index (χ1v) is 8.11. The minimum Gasteiger partial charge on any atom is -0.336 e. The summed E-state index contributed by atoms with van der Waals surface area (Å²) in [6.45, 7) is 1.08. The molecule has 0 saturated heterocycles. The molecular weight excluding hydrogens is 305 g/mol. The van der Waals surface area contributed by atoms with Gasteiger partial charge in [-0.3, -0.25) is 4.90 Å². The van der Waals surface area contributed by atoms with Crippen LogP contribution in [-0.2, 0) is 6.42 Å². The highest BCUT2D eigenvalue weighted by molar-refractivity contribution is 5.94. The highest BCUT2D eigenvalue weighted by atomic mass is 19.1. The summed E-state index contributed by atoms with van der Waals surface area (Å²) in [5, 5.41) is 2.99. The van der Waals surface area contributed by atoms with Crippen LogP contribution in [0.25, 0.3) is 0 Å². The Morgan fingerprint density at radius 1 is 1.25 bits per heavy atom. The summed E-state index contributed by atoms with van der Waals surface area (Å²) in [4.78, 5) is 16.2. The van der Waals surface area contributed by atoms with E-state index in [0.717, 1.165) is 17.5 Å². The third-order valence-electron chi connectivity index (χ3n) is 4.44. The number of anilines is 1. The number of hydrogen-bond donors (Lipinski definition) is 1. The number of urea groups is 1. The van der Waals surface area contributed by atoms with E-state index >= 15 is 0 Å². The van der Waals surface area contributed by atoms with E-state index in [1.54, 1.807) is 11.0 Å². The Labute approximate surface area is 141 Å². The number of amides is 2. The van der Waals surface area contributed by atoms with Crippen molar-refractivity contribution in [2.24, 2.45) is 0 Å². The van der Waals surface area contributed by atoms with Crippen LogP contribution in [0.1, 0.15) is 17.2 Å². The molecule has 126 valence electrons. The van der Waals surface area contributed by atoms with Crippen LogP contribution >= 0.6 is 0 Å². The van der Waals surface area contributed by atoms with E-state index in [2.05, 4.69) is 22.3 Å². The molecule has 1 N–H and O–H groups in total. The second-order valence-corrected chi connectivity index (χ2v) is 6.25. The number of nitrogens with one attached hydrogen (secondary N) is 1. The molecule has 0 aliphatic carbocycles. The molecule has 0 spiro atoms. The van der Waals surface area contributed by atoms with Crippen molar-refractivity contribution >= 4 is 11.7 Å². The van der Waals surface area contributed by atoms with Gasteiger partial charge in [-0.15, -0.1) is 0 Å². The molecule has 0 radical (unpaired) electrons. The first-order chi connectivity index (χ1) is 11.6. The SMILES string of the molecule is CN(C)[C@@H](CNC(=O)N1CCc2ccc(F)cc21)c1ccccc1. The van der Waals surface area contributed by atoms with E-state index in [0.29, 0.717) is 18.8 Å². The predicted octanol–water partition coefficient (Wildman–Crippen LogP) is 3.20. The molecule has 1 atom stereocenters. The molecule has 2 aromatic carbocycles. The maximum absolute atomic E-state index is 13.5. The minimum atomic E-state index is -0.316. The lowest BCUT2D eigenvalue weighted by atomic mass is 10.1. The Balaban J connectivity index is 1.69. The monoisotopic (exact) mass is 327 g/mol. The van der Waals surface area contributed by atoms with Crippen molar-refractivity contribution < 1.29 is 9.18 Å². The van der Waals surface area contributed by atoms with Crippen LogP contribution in [0, 0.1) is 5.82 Å². The molecule has 1 aliphatic heterocycles. The maximum atomic E-state index is 13.5. The zero-order valence-electron chi connectivity index (χ0n) is 14.0. The highest BCUT2D eigenvalue weighted by Gasteiger charge is 2.26. The number of rotatable bonds is 4. The standard InChI is InChI=1S/C19H22FN3O/c1-22(2)18(14-6-4-3-5-7-14)13-21-19(24)23-11-10-15-8-9-16(20)12-17(15)23/h3-9,12,18H,10-11,13H2,1-2H3,(H,21,24)/t18-/m0/s1. The first-order valence-electron chi connectivity index (χ1n) is 8.11. The topological polar surface area (TPSA) is 35.6 Å². The van der Waals surface area contributed by atoms with Crippen molar-refractivity contribution in [2.45, 2.75) is 12.5 Å². The van der Waals surface area contributed by atoms with E-state index in [9.17, 15) is 9.18 Å². The Hall–Kier alpha value is -2.40. The Morgan fingerprint density at radius 3 is 2.71 bits per heavy atom. The lowest BCUT2D eigenvalue weighted by molar-refractivity contribution is 0.238. The third kappa shape index (κ3) is 3.41. The van der Waals surface area contributed by atoms with Gasteiger partial charge in [0.2, 0.25) is 0 Å². The number of halogens is 1. The van der Waals surface area contributed by atoms with Gasteiger partial charge in [0.1, 0.15) is 5.82 Å². The van der Waals surface area contributed by atoms with Crippen molar-refractivity contribution in [3.63, 3.8) is 0 Å². The number of fused-ring (bicyclic) bond motifs is 1. The normalized spacial score (nSPS) is 14.6. The Bertz CT molecular complexity index is 718. The second-order valence-electron chi connectivity index (χ2n) is 6.25. The van der Waals surface area contributed by atoms with Gasteiger partial charge in [0.05, 0.1) is 11.7 Å². The van der Waals surface area contributed by atoms with Crippen LogP contribution < -0.4 is 10.2 Å². The number of likely N-dealkylation sites (N-methyl/N-ethyl adjacent to an activating group) is 1. The average Bonchev–Trinajstić information content (AvgIpc) is 2.98. The molecule has 0 unspecified atom stereocenters. The maximum Gasteiger partial charge on any atom is 0.321 e. The molecule has 1 aliphatic rings. The molecule has 24 heavy (non-hydrogen) atoms. The van der Waals surface area contributed by atoms with E-state index in [1.807, 2.05) is 32.3 Å². The van der Waals surface area contributed by atoms with Gasteiger partial charge in [0, 0.05) is 13.1 Å². The molecule has 3 rings (SSSR count). The molecule has 2 aromatic rings. The molecular formula is C19H22FN3O. The molecule has 5 heteroatoms. The molecule has 0 saturated carbocycles. The van der Waals surface area contributed by atoms with Crippen LogP contribution in [0.3, 0.4) is 0 Å². The molecule has 0 bridgehead atoms. The van der Waals surface area contributed by atoms with E-state index in [4.69, 9.17) is 0 Å². The summed E-state index contributed by atoms with van der Waals surface area (Å²) in [6.07, 6.45) is 0.763. The Kier molecular flexibility index (Phi) is 4.81. The Morgan fingerprint density at radius 2 is 2.00 bits per heavy atom. The van der Waals surface area contributed by atoms with Gasteiger partial charge >= 0.3 is 6.03 Å². The molecule has 0 fully saturated rings. The summed E-state index contributed by atoms with van der Waals surface area (Å²) in [7, 11) is 3.98. The number of hydrogen-bond acceptors (Lipinski definition) is 2. The summed E-state index contributed by atoms with van der Waals surface area (Å²) in [6, 6.07) is 14.6. The van der Waals surface area contributed by atoms with E-state index in [-0.39, 0.29) is 17.9 Å². The second kappa shape index (κ2) is 7.01. The van der Waals surface area contributed by atoms with E-state index < -0.39 is 0 Å². The van der Waals surface area contributed by atoms with Crippen LogP contribution in [0.2, 0.25) is 0 Å². The van der Waals surface area contributed by atoms with Gasteiger partial charge in [0.15, 0.2) is 0 Å². The third-order valence-corrected chi connectivity index (χ3v) is 4.44. The van der Waals surface area contributed by atoms with E-state index in [1.165, 1.54) is 12.1 Å². The average molecular weight is 327 g/mol. The summed E-state index contributed by atoms with van der Waals surface area (Å²) >= 11 is 0. The van der Waals surface area contributed by atoms with Crippen molar-refractivity contribution in [1.82, 2.24) is 10.2 Å². The summed E-state index contributed by atoms with van der Waals surface area (Å²) in [5.74, 6) is -0.316. The fourth-order valence-corrected chi connectivity index (χ4v) is 3.12. The molecule has 0 aromatic heterocycles. The number of benzene rings is 2. The van der Waals surface area contributed by atoms with Gasteiger partial charge in [-0.2, -0.15) is 0 Å². The van der Waals surface area contributed by atoms with Crippen LogP contribution in [0.15, 0.2) is 48.5 Å². The zero-order valence-corrected chi connectivity index (χ0v) is 14.0. The minimum absolute atomic E-state index is 0.0877. The molecule has 2 amide bonds. The number of carbonyl (C=O) groups is 1. The van der Waals surface area contributed by atoms with Gasteiger partial charge in [-0.25, -0.2) is 9.18 Å². The smallest absolute Gasteiger partial charge is 0.321 e. The highest BCUT2D eigenvalue weighted by Crippen LogP contribution is 2.28. The van der Waals surface area contributed by atoms with Crippen molar-refractivity contribution in [3.05, 3.63) is 65.5 Å². The summed E-state index contributed by atoms with van der Waals surface area (Å²) in [5.41, 5.74) is 2.84. The fraction of sp³-hybridized carbons (Fsp3) is 0.316. The number of nitrogens with zero attached hydrogens (tertiary/aromatic N) is 2. The van der Waals surface area contributed by atoms with Crippen molar-refractivity contribution in [1.29, 1.82) is 0 Å². The lowest BCUT2D eigenvalue weighted by Crippen LogP contribution is -2.42. The summed E-state index contributed by atoms with van der Waals surface area (Å²) < 4.78 is 13.5. The van der Waals surface area contributed by atoms with Crippen molar-refractivity contribution in [3.8, 4) is 0 Å². The first kappa shape index (κ1) is 16.5. The van der Waals surface area contributed by atoms with Crippen LogP contribution in [-0.4, -0.2) is 38.1 Å². The predicted molar refractivity (Wildman–Crippen MR) is 93.7 cm³/mol. The zero-order chi connectivity index (χ0) is 17.1. The quantitative estimate of drug-likeness (QED) is 0.936. The van der Waals surface area contributed by atoms with Crippen molar-refractivity contribution in [2.75, 3.05) is 32.1 Å². The number of carbonyl (C=O) groups excluding carboxylic acids is 1. The van der Waals surface area contributed by atoms with Gasteiger partial charge in [-0.05, 0) is 43.8 Å². The molecule has 1 heterocycles. The van der Waals surface area contributed by atoms with Crippen LogP contribution in [0.5, 0.6) is 0 Å². The lowest BCUT2D eigenvalue weighted by Gasteiger charge is -2.26. The fourth-order valence-electron chi connectivity index (χ4n) is 3.12. The van der Waals surface area contributed by atoms with Gasteiger partial charge in [0.25, 0.3) is 0 Å². The largest absolute Gasteiger partial charge is 0.336 e. The van der Waals surface area contributed by atoms with Gasteiger partial charge < -0.3 is 10.2 Å². The van der Waals surface area contributed by atoms with Crippen LogP contribution in [0.4, 0.5) is 14.9 Å². The van der Waals surface area contributed by atoms with Gasteiger partial charge in [-0.1, -0.05) is 36.4 Å². The molecule has 4 nitrogen and oxygen atoms in total.